The van der Waals surface area contributed by atoms with Gasteiger partial charge in [-0.1, -0.05) is 6.07 Å². The molecule has 0 aliphatic heterocycles. The van der Waals surface area contributed by atoms with E-state index in [0.29, 0.717) is 11.3 Å². The normalized spacial score (nSPS) is 11.7. The van der Waals surface area contributed by atoms with Crippen molar-refractivity contribution in [3.63, 3.8) is 0 Å². The molecular formula is C18H22N2O3S. The first kappa shape index (κ1) is 18.0. The Bertz CT molecular complexity index is 768. The monoisotopic (exact) mass is 346 g/mol. The Balaban J connectivity index is 2.09. The molecule has 0 spiro atoms. The molecule has 0 saturated heterocycles. The van der Waals surface area contributed by atoms with Crippen LogP contribution in [0.5, 0.6) is 0 Å². The zero-order valence-electron chi connectivity index (χ0n) is 14.5. The number of methoxy groups -OCH3 is 1. The summed E-state index contributed by atoms with van der Waals surface area (Å²) in [4.78, 5) is 26.3. The van der Waals surface area contributed by atoms with Crippen LogP contribution in [0.4, 0.5) is 10.5 Å². The maximum Gasteiger partial charge on any atom is 0.337 e. The van der Waals surface area contributed by atoms with Gasteiger partial charge in [0.15, 0.2) is 0 Å². The second-order valence-corrected chi connectivity index (χ2v) is 7.17. The van der Waals surface area contributed by atoms with Gasteiger partial charge < -0.3 is 15.4 Å². The fraction of sp³-hybridized carbons (Fsp3) is 0.333. The number of nitrogens with one attached hydrogen (secondary N) is 2. The van der Waals surface area contributed by atoms with Gasteiger partial charge in [0.25, 0.3) is 0 Å². The van der Waals surface area contributed by atoms with Gasteiger partial charge in [0.1, 0.15) is 0 Å². The van der Waals surface area contributed by atoms with Crippen molar-refractivity contribution in [2.75, 3.05) is 12.4 Å². The van der Waals surface area contributed by atoms with E-state index in [0.717, 1.165) is 11.1 Å². The van der Waals surface area contributed by atoms with Crippen LogP contribution in [-0.4, -0.2) is 19.1 Å². The molecule has 128 valence electrons. The summed E-state index contributed by atoms with van der Waals surface area (Å²) in [6.45, 7) is 7.92. The molecule has 1 heterocycles. The number of esters is 1. The maximum absolute atomic E-state index is 12.3. The lowest BCUT2D eigenvalue weighted by atomic mass is 10.1. The maximum atomic E-state index is 12.3. The quantitative estimate of drug-likeness (QED) is 0.809. The average Bonchev–Trinajstić information content (AvgIpc) is 2.87. The van der Waals surface area contributed by atoms with Gasteiger partial charge in [-0.05, 0) is 57.0 Å². The van der Waals surface area contributed by atoms with E-state index in [1.165, 1.54) is 16.9 Å². The second kappa shape index (κ2) is 7.49. The van der Waals surface area contributed by atoms with E-state index in [-0.39, 0.29) is 12.1 Å². The summed E-state index contributed by atoms with van der Waals surface area (Å²) in [7, 11) is 1.33. The van der Waals surface area contributed by atoms with Crippen LogP contribution >= 0.6 is 11.3 Å². The van der Waals surface area contributed by atoms with Crippen LogP contribution in [0.3, 0.4) is 0 Å². The van der Waals surface area contributed by atoms with Crippen molar-refractivity contribution >= 4 is 29.0 Å². The molecule has 0 aliphatic rings. The van der Waals surface area contributed by atoms with Crippen molar-refractivity contribution in [3.8, 4) is 0 Å². The zero-order valence-corrected chi connectivity index (χ0v) is 15.3. The Morgan fingerprint density at radius 3 is 2.46 bits per heavy atom. The smallest absolute Gasteiger partial charge is 0.337 e. The SMILES string of the molecule is COC(=O)c1ccc(C)c(NC(=O)N[C@@H](C)c2cc(C)sc2C)c1. The van der Waals surface area contributed by atoms with Gasteiger partial charge in [-0.2, -0.15) is 0 Å². The largest absolute Gasteiger partial charge is 0.465 e. The number of hydrogen-bond acceptors (Lipinski definition) is 4. The molecule has 0 fully saturated rings. The number of ether oxygens (including phenoxy) is 1. The molecule has 1 aromatic heterocycles. The lowest BCUT2D eigenvalue weighted by Gasteiger charge is -2.16. The van der Waals surface area contributed by atoms with E-state index in [4.69, 9.17) is 4.74 Å². The summed E-state index contributed by atoms with van der Waals surface area (Å²) in [5, 5.41) is 5.73. The number of amides is 2. The Labute approximate surface area is 146 Å². The summed E-state index contributed by atoms with van der Waals surface area (Å²) < 4.78 is 4.71. The van der Waals surface area contributed by atoms with Gasteiger partial charge in [-0.3, -0.25) is 0 Å². The van der Waals surface area contributed by atoms with Gasteiger partial charge in [0.05, 0.1) is 18.7 Å². The van der Waals surface area contributed by atoms with Gasteiger partial charge in [-0.15, -0.1) is 11.3 Å². The molecule has 0 saturated carbocycles. The van der Waals surface area contributed by atoms with Crippen molar-refractivity contribution in [1.29, 1.82) is 0 Å². The van der Waals surface area contributed by atoms with E-state index in [1.807, 2.05) is 20.8 Å². The van der Waals surface area contributed by atoms with Crippen molar-refractivity contribution < 1.29 is 14.3 Å². The number of hydrogen-bond donors (Lipinski definition) is 2. The lowest BCUT2D eigenvalue weighted by molar-refractivity contribution is 0.0600. The van der Waals surface area contributed by atoms with Gasteiger partial charge in [0, 0.05) is 15.4 Å². The predicted molar refractivity (Wildman–Crippen MR) is 96.9 cm³/mol. The predicted octanol–water partition coefficient (Wildman–Crippen LogP) is 4.34. The molecule has 0 bridgehead atoms. The van der Waals surface area contributed by atoms with Crippen LogP contribution in [0.25, 0.3) is 0 Å². The minimum Gasteiger partial charge on any atom is -0.465 e. The first-order valence-electron chi connectivity index (χ1n) is 7.65. The highest BCUT2D eigenvalue weighted by atomic mass is 32.1. The highest BCUT2D eigenvalue weighted by molar-refractivity contribution is 7.12. The Kier molecular flexibility index (Phi) is 5.62. The summed E-state index contributed by atoms with van der Waals surface area (Å²) in [5.74, 6) is -0.434. The third-order valence-electron chi connectivity index (χ3n) is 3.80. The Morgan fingerprint density at radius 1 is 1.17 bits per heavy atom. The van der Waals surface area contributed by atoms with Gasteiger partial charge >= 0.3 is 12.0 Å². The number of anilines is 1. The third kappa shape index (κ3) is 4.14. The third-order valence-corrected chi connectivity index (χ3v) is 4.78. The molecule has 2 rings (SSSR count). The number of benzene rings is 1. The molecule has 2 amide bonds. The molecule has 2 N–H and O–H groups in total. The van der Waals surface area contributed by atoms with Crippen molar-refractivity contribution in [2.45, 2.75) is 33.7 Å². The minimum absolute atomic E-state index is 0.0981. The van der Waals surface area contributed by atoms with E-state index in [9.17, 15) is 9.59 Å². The second-order valence-electron chi connectivity index (χ2n) is 5.71. The molecule has 0 radical (unpaired) electrons. The van der Waals surface area contributed by atoms with E-state index in [2.05, 4.69) is 23.6 Å². The number of urea groups is 1. The molecule has 2 aromatic rings. The fourth-order valence-corrected chi connectivity index (χ4v) is 3.54. The molecular weight excluding hydrogens is 324 g/mol. The first-order valence-corrected chi connectivity index (χ1v) is 8.47. The van der Waals surface area contributed by atoms with E-state index < -0.39 is 5.97 Å². The van der Waals surface area contributed by atoms with E-state index >= 15 is 0 Å². The topological polar surface area (TPSA) is 67.4 Å². The number of carbonyl (C=O) groups is 2. The number of aryl methyl sites for hydroxylation is 3. The Morgan fingerprint density at radius 2 is 1.88 bits per heavy atom. The first-order chi connectivity index (χ1) is 11.3. The molecule has 1 aromatic carbocycles. The fourth-order valence-electron chi connectivity index (χ4n) is 2.51. The summed E-state index contributed by atoms with van der Waals surface area (Å²) in [6.07, 6.45) is 0. The lowest BCUT2D eigenvalue weighted by Crippen LogP contribution is -2.31. The molecule has 5 nitrogen and oxygen atoms in total. The van der Waals surface area contributed by atoms with Crippen molar-refractivity contribution in [3.05, 3.63) is 50.7 Å². The van der Waals surface area contributed by atoms with Crippen LogP contribution in [0.15, 0.2) is 24.3 Å². The minimum atomic E-state index is -0.434. The number of rotatable bonds is 4. The van der Waals surface area contributed by atoms with Crippen LogP contribution in [0.2, 0.25) is 0 Å². The molecule has 0 unspecified atom stereocenters. The number of carbonyl (C=O) groups excluding carboxylic acids is 2. The van der Waals surface area contributed by atoms with Gasteiger partial charge in [0.2, 0.25) is 0 Å². The molecule has 6 heteroatoms. The van der Waals surface area contributed by atoms with E-state index in [1.54, 1.807) is 29.5 Å². The highest BCUT2D eigenvalue weighted by Crippen LogP contribution is 2.26. The van der Waals surface area contributed by atoms with Crippen LogP contribution in [0.1, 0.15) is 44.2 Å². The summed E-state index contributed by atoms with van der Waals surface area (Å²) >= 11 is 1.72. The zero-order chi connectivity index (χ0) is 17.9. The highest BCUT2D eigenvalue weighted by Gasteiger charge is 2.15. The van der Waals surface area contributed by atoms with Crippen LogP contribution in [0, 0.1) is 20.8 Å². The van der Waals surface area contributed by atoms with Crippen molar-refractivity contribution in [2.24, 2.45) is 0 Å². The number of thiophene rings is 1. The molecule has 24 heavy (non-hydrogen) atoms. The van der Waals surface area contributed by atoms with Gasteiger partial charge in [-0.25, -0.2) is 9.59 Å². The summed E-state index contributed by atoms with van der Waals surface area (Å²) in [5.41, 5.74) is 2.97. The standard InChI is InChI=1S/C18H22N2O3S/c1-10-6-7-14(17(21)23-5)9-16(10)20-18(22)19-12(3)15-8-11(2)24-13(15)4/h6-9,12H,1-5H3,(H2,19,20,22)/t12-/m0/s1. The molecule has 0 aliphatic carbocycles. The van der Waals surface area contributed by atoms with Crippen LogP contribution in [-0.2, 0) is 4.74 Å². The molecule has 1 atom stereocenters. The average molecular weight is 346 g/mol. The summed E-state index contributed by atoms with van der Waals surface area (Å²) in [6, 6.07) is 6.75. The van der Waals surface area contributed by atoms with Crippen LogP contribution < -0.4 is 10.6 Å². The van der Waals surface area contributed by atoms with Crippen molar-refractivity contribution in [1.82, 2.24) is 5.32 Å². The Hall–Kier alpha value is -2.34.